The van der Waals surface area contributed by atoms with Crippen molar-refractivity contribution in [2.45, 2.75) is 45.4 Å². The second-order valence-electron chi connectivity index (χ2n) is 6.14. The van der Waals surface area contributed by atoms with E-state index in [-0.39, 0.29) is 0 Å². The van der Waals surface area contributed by atoms with Crippen molar-refractivity contribution in [1.29, 1.82) is 0 Å². The summed E-state index contributed by atoms with van der Waals surface area (Å²) in [4.78, 5) is 2.39. The highest BCUT2D eigenvalue weighted by molar-refractivity contribution is 5.13. The van der Waals surface area contributed by atoms with Crippen LogP contribution in [0.1, 0.15) is 32.3 Å². The zero-order chi connectivity index (χ0) is 14.4. The number of hydrogen-bond donors (Lipinski definition) is 1. The third-order valence-electron chi connectivity index (χ3n) is 4.11. The highest BCUT2D eigenvalue weighted by atomic mass is 16.5. The fourth-order valence-corrected chi connectivity index (χ4v) is 2.84. The van der Waals surface area contributed by atoms with E-state index in [1.54, 1.807) is 0 Å². The molecule has 0 aromatic heterocycles. The van der Waals surface area contributed by atoms with Gasteiger partial charge in [-0.2, -0.15) is 0 Å². The van der Waals surface area contributed by atoms with Crippen LogP contribution < -0.4 is 0 Å². The number of aliphatic hydroxyl groups is 1. The number of ether oxygens (including phenoxy) is 1. The van der Waals surface area contributed by atoms with E-state index in [0.717, 1.165) is 24.6 Å². The molecule has 0 aliphatic carbocycles. The van der Waals surface area contributed by atoms with Crippen molar-refractivity contribution >= 4 is 0 Å². The number of β-amino-alcohol motifs (C(OH)–C–C–N with tert-alkyl or cyclic N) is 1. The number of benzene rings is 1. The van der Waals surface area contributed by atoms with E-state index < -0.39 is 6.10 Å². The van der Waals surface area contributed by atoms with Crippen LogP contribution in [0.3, 0.4) is 0 Å². The Kier molecular flexibility index (Phi) is 6.02. The molecule has 1 saturated heterocycles. The van der Waals surface area contributed by atoms with Crippen molar-refractivity contribution in [2.75, 3.05) is 19.7 Å². The molecule has 1 aromatic carbocycles. The molecule has 0 saturated carbocycles. The molecule has 1 aliphatic rings. The van der Waals surface area contributed by atoms with E-state index in [1.807, 2.05) is 30.3 Å². The summed E-state index contributed by atoms with van der Waals surface area (Å²) in [5.41, 5.74) is 1.15. The minimum Gasteiger partial charge on any atom is -0.389 e. The highest BCUT2D eigenvalue weighted by Crippen LogP contribution is 2.21. The average molecular weight is 277 g/mol. The molecule has 0 radical (unpaired) electrons. The van der Waals surface area contributed by atoms with Gasteiger partial charge in [0.15, 0.2) is 0 Å². The second kappa shape index (κ2) is 7.77. The molecule has 1 fully saturated rings. The summed E-state index contributed by atoms with van der Waals surface area (Å²) in [6, 6.07) is 10.7. The third-order valence-corrected chi connectivity index (χ3v) is 4.11. The van der Waals surface area contributed by atoms with Gasteiger partial charge in [-0.1, -0.05) is 37.3 Å². The molecule has 2 rings (SSSR count). The zero-order valence-corrected chi connectivity index (χ0v) is 12.7. The van der Waals surface area contributed by atoms with Crippen molar-refractivity contribution in [3.8, 4) is 0 Å². The van der Waals surface area contributed by atoms with E-state index in [2.05, 4.69) is 18.7 Å². The lowest BCUT2D eigenvalue weighted by molar-refractivity contribution is -0.00645. The van der Waals surface area contributed by atoms with Gasteiger partial charge in [0.1, 0.15) is 0 Å². The van der Waals surface area contributed by atoms with E-state index in [0.29, 0.717) is 19.3 Å². The van der Waals surface area contributed by atoms with Gasteiger partial charge in [-0.25, -0.2) is 0 Å². The molecule has 3 atom stereocenters. The van der Waals surface area contributed by atoms with Crippen LogP contribution >= 0.6 is 0 Å². The molecule has 112 valence electrons. The molecule has 1 aromatic rings. The molecule has 20 heavy (non-hydrogen) atoms. The average Bonchev–Trinajstić information content (AvgIpc) is 2.44. The molecule has 3 nitrogen and oxygen atoms in total. The Labute approximate surface area is 122 Å². The largest absolute Gasteiger partial charge is 0.389 e. The molecular weight excluding hydrogens is 250 g/mol. The summed E-state index contributed by atoms with van der Waals surface area (Å²) in [7, 11) is 0. The number of rotatable bonds is 6. The zero-order valence-electron chi connectivity index (χ0n) is 12.7. The normalized spacial score (nSPS) is 25.6. The fraction of sp³-hybridized carbons (Fsp3) is 0.647. The summed E-state index contributed by atoms with van der Waals surface area (Å²) < 4.78 is 5.61. The number of aliphatic hydroxyl groups excluding tert-OH is 1. The van der Waals surface area contributed by atoms with E-state index in [4.69, 9.17) is 4.74 Å². The third kappa shape index (κ3) is 4.89. The van der Waals surface area contributed by atoms with Crippen molar-refractivity contribution in [2.24, 2.45) is 5.92 Å². The Balaban J connectivity index is 1.68. The number of nitrogens with zero attached hydrogens (tertiary/aromatic N) is 1. The summed E-state index contributed by atoms with van der Waals surface area (Å²) in [5, 5.41) is 10.1. The van der Waals surface area contributed by atoms with Gasteiger partial charge in [-0.05, 0) is 31.2 Å². The first-order chi connectivity index (χ1) is 9.65. The van der Waals surface area contributed by atoms with Gasteiger partial charge in [0, 0.05) is 19.1 Å². The smallest absolute Gasteiger partial charge is 0.0900 e. The van der Waals surface area contributed by atoms with Gasteiger partial charge in [0.25, 0.3) is 0 Å². The molecular formula is C17H27NO2. The molecule has 3 unspecified atom stereocenters. The number of hydrogen-bond acceptors (Lipinski definition) is 3. The maximum absolute atomic E-state index is 10.1. The topological polar surface area (TPSA) is 32.7 Å². The minimum atomic E-state index is -0.397. The van der Waals surface area contributed by atoms with Crippen LogP contribution in [0.25, 0.3) is 0 Å². The maximum atomic E-state index is 10.1. The number of likely N-dealkylation sites (tertiary alicyclic amines) is 1. The van der Waals surface area contributed by atoms with Crippen LogP contribution in [0, 0.1) is 5.92 Å². The minimum absolute atomic E-state index is 0.397. The maximum Gasteiger partial charge on any atom is 0.0900 e. The molecule has 1 aliphatic heterocycles. The van der Waals surface area contributed by atoms with Crippen molar-refractivity contribution in [1.82, 2.24) is 4.90 Å². The van der Waals surface area contributed by atoms with Gasteiger partial charge >= 0.3 is 0 Å². The predicted molar refractivity (Wildman–Crippen MR) is 81.5 cm³/mol. The SMILES string of the molecule is CC1CCC(C)N(CC(O)COCc2ccccc2)C1. The van der Waals surface area contributed by atoms with Gasteiger partial charge in [0.2, 0.25) is 0 Å². The molecule has 3 heteroatoms. The summed E-state index contributed by atoms with van der Waals surface area (Å²) in [6.45, 7) is 7.34. The van der Waals surface area contributed by atoms with Crippen LogP contribution in [0.5, 0.6) is 0 Å². The molecule has 0 spiro atoms. The fourth-order valence-electron chi connectivity index (χ4n) is 2.84. The monoisotopic (exact) mass is 277 g/mol. The summed E-state index contributed by atoms with van der Waals surface area (Å²) in [6.07, 6.45) is 2.14. The van der Waals surface area contributed by atoms with Crippen molar-refractivity contribution < 1.29 is 9.84 Å². The van der Waals surface area contributed by atoms with Crippen LogP contribution in [0.2, 0.25) is 0 Å². The van der Waals surface area contributed by atoms with Crippen LogP contribution in [0.4, 0.5) is 0 Å². The van der Waals surface area contributed by atoms with Crippen LogP contribution in [0.15, 0.2) is 30.3 Å². The van der Waals surface area contributed by atoms with E-state index >= 15 is 0 Å². The second-order valence-corrected chi connectivity index (χ2v) is 6.14. The Morgan fingerprint density at radius 2 is 2.00 bits per heavy atom. The van der Waals surface area contributed by atoms with E-state index in [1.165, 1.54) is 12.8 Å². The van der Waals surface area contributed by atoms with Gasteiger partial charge in [-0.15, -0.1) is 0 Å². The van der Waals surface area contributed by atoms with Crippen LogP contribution in [-0.2, 0) is 11.3 Å². The summed E-state index contributed by atoms with van der Waals surface area (Å²) in [5.74, 6) is 0.739. The Hall–Kier alpha value is -0.900. The number of piperidine rings is 1. The lowest BCUT2D eigenvalue weighted by Crippen LogP contribution is -2.45. The highest BCUT2D eigenvalue weighted by Gasteiger charge is 2.24. The summed E-state index contributed by atoms with van der Waals surface area (Å²) >= 11 is 0. The molecule has 1 N–H and O–H groups in total. The first-order valence-corrected chi connectivity index (χ1v) is 7.69. The van der Waals surface area contributed by atoms with Crippen LogP contribution in [-0.4, -0.2) is 41.8 Å². The van der Waals surface area contributed by atoms with Crippen molar-refractivity contribution in [3.63, 3.8) is 0 Å². The first kappa shape index (κ1) is 15.5. The standard InChI is InChI=1S/C17H27NO2/c1-14-8-9-15(2)18(10-14)11-17(19)13-20-12-16-6-4-3-5-7-16/h3-7,14-15,17,19H,8-13H2,1-2H3. The Bertz CT molecular complexity index is 382. The molecule has 0 amide bonds. The van der Waals surface area contributed by atoms with Gasteiger partial charge < -0.3 is 9.84 Å². The van der Waals surface area contributed by atoms with Gasteiger partial charge in [-0.3, -0.25) is 4.90 Å². The van der Waals surface area contributed by atoms with Gasteiger partial charge in [0.05, 0.1) is 19.3 Å². The van der Waals surface area contributed by atoms with E-state index in [9.17, 15) is 5.11 Å². The lowest BCUT2D eigenvalue weighted by Gasteiger charge is -2.37. The Morgan fingerprint density at radius 1 is 1.25 bits per heavy atom. The van der Waals surface area contributed by atoms with Crippen molar-refractivity contribution in [3.05, 3.63) is 35.9 Å². The lowest BCUT2D eigenvalue weighted by atomic mass is 9.95. The quantitative estimate of drug-likeness (QED) is 0.868. The Morgan fingerprint density at radius 3 is 2.75 bits per heavy atom. The predicted octanol–water partition coefficient (Wildman–Crippen LogP) is 2.68. The first-order valence-electron chi connectivity index (χ1n) is 7.69. The molecule has 0 bridgehead atoms. The molecule has 1 heterocycles.